The SMILES string of the molecule is Cc1ccc(C)c(-c2nc3scc(CN)n3n2)c1. The lowest BCUT2D eigenvalue weighted by Crippen LogP contribution is -2.01. The van der Waals surface area contributed by atoms with Gasteiger partial charge < -0.3 is 5.73 Å². The van der Waals surface area contributed by atoms with E-state index in [2.05, 4.69) is 42.1 Å². The highest BCUT2D eigenvalue weighted by atomic mass is 32.1. The van der Waals surface area contributed by atoms with E-state index in [1.807, 2.05) is 9.90 Å². The van der Waals surface area contributed by atoms with Gasteiger partial charge in [-0.1, -0.05) is 17.7 Å². The van der Waals surface area contributed by atoms with E-state index in [1.54, 1.807) is 11.3 Å². The highest BCUT2D eigenvalue weighted by Gasteiger charge is 2.12. The molecule has 0 fully saturated rings. The molecule has 2 N–H and O–H groups in total. The summed E-state index contributed by atoms with van der Waals surface area (Å²) in [5.41, 5.74) is 10.2. The Morgan fingerprint density at radius 3 is 2.94 bits per heavy atom. The van der Waals surface area contributed by atoms with Crippen LogP contribution in [0.5, 0.6) is 0 Å². The average Bonchev–Trinajstić information content (AvgIpc) is 2.91. The summed E-state index contributed by atoms with van der Waals surface area (Å²) in [5, 5.41) is 6.55. The number of benzene rings is 1. The summed E-state index contributed by atoms with van der Waals surface area (Å²) in [6.07, 6.45) is 0. The smallest absolute Gasteiger partial charge is 0.212 e. The molecule has 0 saturated carbocycles. The molecule has 3 aromatic rings. The Kier molecular flexibility index (Phi) is 2.65. The van der Waals surface area contributed by atoms with Gasteiger partial charge in [0.15, 0.2) is 5.82 Å². The molecule has 0 aliphatic carbocycles. The van der Waals surface area contributed by atoms with Gasteiger partial charge in [0.25, 0.3) is 0 Å². The molecule has 0 saturated heterocycles. The number of aromatic nitrogens is 3. The Balaban J connectivity index is 2.19. The summed E-state index contributed by atoms with van der Waals surface area (Å²) in [4.78, 5) is 5.46. The van der Waals surface area contributed by atoms with Crippen molar-refractivity contribution in [2.24, 2.45) is 5.73 Å². The minimum atomic E-state index is 0.482. The second kappa shape index (κ2) is 4.19. The summed E-state index contributed by atoms with van der Waals surface area (Å²) >= 11 is 1.57. The average molecular weight is 258 g/mol. The van der Waals surface area contributed by atoms with Gasteiger partial charge in [-0.2, -0.15) is 4.98 Å². The van der Waals surface area contributed by atoms with Gasteiger partial charge in [0.05, 0.1) is 5.69 Å². The molecule has 0 aliphatic heterocycles. The van der Waals surface area contributed by atoms with Crippen molar-refractivity contribution in [3.05, 3.63) is 40.4 Å². The molecule has 92 valence electrons. The maximum absolute atomic E-state index is 5.68. The number of thiazole rings is 1. The van der Waals surface area contributed by atoms with E-state index in [0.717, 1.165) is 22.0 Å². The third-order valence-electron chi connectivity index (χ3n) is 2.99. The van der Waals surface area contributed by atoms with Crippen LogP contribution in [0.1, 0.15) is 16.8 Å². The molecule has 0 unspecified atom stereocenters. The maximum Gasteiger partial charge on any atom is 0.212 e. The highest BCUT2D eigenvalue weighted by molar-refractivity contribution is 7.15. The minimum absolute atomic E-state index is 0.482. The lowest BCUT2D eigenvalue weighted by atomic mass is 10.1. The van der Waals surface area contributed by atoms with Crippen molar-refractivity contribution in [1.29, 1.82) is 0 Å². The number of hydrogen-bond donors (Lipinski definition) is 1. The van der Waals surface area contributed by atoms with E-state index in [9.17, 15) is 0 Å². The Labute approximate surface area is 109 Å². The van der Waals surface area contributed by atoms with Gasteiger partial charge in [-0.25, -0.2) is 4.52 Å². The molecule has 4 nitrogen and oxygen atoms in total. The van der Waals surface area contributed by atoms with Crippen molar-refractivity contribution in [3.63, 3.8) is 0 Å². The van der Waals surface area contributed by atoms with Gasteiger partial charge in [0.1, 0.15) is 0 Å². The van der Waals surface area contributed by atoms with Gasteiger partial charge in [0.2, 0.25) is 4.96 Å². The van der Waals surface area contributed by atoms with E-state index in [0.29, 0.717) is 6.54 Å². The summed E-state index contributed by atoms with van der Waals surface area (Å²) in [7, 11) is 0. The van der Waals surface area contributed by atoms with Crippen LogP contribution in [-0.2, 0) is 6.54 Å². The van der Waals surface area contributed by atoms with Gasteiger partial charge in [0, 0.05) is 17.5 Å². The quantitative estimate of drug-likeness (QED) is 0.768. The van der Waals surface area contributed by atoms with Crippen LogP contribution in [0.2, 0.25) is 0 Å². The van der Waals surface area contributed by atoms with Crippen molar-refractivity contribution in [2.75, 3.05) is 0 Å². The van der Waals surface area contributed by atoms with Crippen molar-refractivity contribution in [2.45, 2.75) is 20.4 Å². The zero-order chi connectivity index (χ0) is 12.7. The first kappa shape index (κ1) is 11.4. The van der Waals surface area contributed by atoms with Crippen molar-refractivity contribution >= 4 is 16.3 Å². The van der Waals surface area contributed by atoms with E-state index >= 15 is 0 Å². The number of nitrogens with two attached hydrogens (primary N) is 1. The molecule has 0 atom stereocenters. The number of rotatable bonds is 2. The fourth-order valence-electron chi connectivity index (χ4n) is 1.96. The fraction of sp³-hybridized carbons (Fsp3) is 0.231. The lowest BCUT2D eigenvalue weighted by molar-refractivity contribution is 0.868. The Morgan fingerprint density at radius 1 is 1.33 bits per heavy atom. The molecule has 5 heteroatoms. The third-order valence-corrected chi connectivity index (χ3v) is 3.86. The lowest BCUT2D eigenvalue weighted by Gasteiger charge is -2.02. The number of nitrogens with zero attached hydrogens (tertiary/aromatic N) is 3. The van der Waals surface area contributed by atoms with Crippen LogP contribution in [-0.4, -0.2) is 14.6 Å². The molecule has 0 amide bonds. The van der Waals surface area contributed by atoms with Crippen LogP contribution >= 0.6 is 11.3 Å². The number of fused-ring (bicyclic) bond motifs is 1. The van der Waals surface area contributed by atoms with Crippen LogP contribution in [0, 0.1) is 13.8 Å². The molecule has 1 aromatic carbocycles. The Bertz CT molecular complexity index is 711. The minimum Gasteiger partial charge on any atom is -0.325 e. The molecule has 0 spiro atoms. The van der Waals surface area contributed by atoms with Crippen LogP contribution in [0.25, 0.3) is 16.3 Å². The van der Waals surface area contributed by atoms with Gasteiger partial charge >= 0.3 is 0 Å². The monoisotopic (exact) mass is 258 g/mol. The predicted molar refractivity (Wildman–Crippen MR) is 73.7 cm³/mol. The second-order valence-electron chi connectivity index (χ2n) is 4.38. The Hall–Kier alpha value is -1.72. The van der Waals surface area contributed by atoms with E-state index < -0.39 is 0 Å². The van der Waals surface area contributed by atoms with Crippen LogP contribution in [0.4, 0.5) is 0 Å². The van der Waals surface area contributed by atoms with Crippen molar-refractivity contribution < 1.29 is 0 Å². The van der Waals surface area contributed by atoms with Crippen LogP contribution in [0.15, 0.2) is 23.6 Å². The van der Waals surface area contributed by atoms with Gasteiger partial charge in [-0.3, -0.25) is 0 Å². The standard InChI is InChI=1S/C13H14N4S/c1-8-3-4-9(2)11(5-8)12-15-13-17(16-12)10(6-14)7-18-13/h3-5,7H,6,14H2,1-2H3. The third kappa shape index (κ3) is 1.72. The normalized spacial score (nSPS) is 11.3. The van der Waals surface area contributed by atoms with Gasteiger partial charge in [-0.15, -0.1) is 16.4 Å². The van der Waals surface area contributed by atoms with E-state index in [4.69, 9.17) is 5.73 Å². The largest absolute Gasteiger partial charge is 0.325 e. The van der Waals surface area contributed by atoms with E-state index in [-0.39, 0.29) is 0 Å². The molecular weight excluding hydrogens is 244 g/mol. The van der Waals surface area contributed by atoms with Crippen LogP contribution in [0.3, 0.4) is 0 Å². The zero-order valence-electron chi connectivity index (χ0n) is 10.3. The van der Waals surface area contributed by atoms with Crippen molar-refractivity contribution in [3.8, 4) is 11.4 Å². The predicted octanol–water partition coefficient (Wildman–Crippen LogP) is 2.53. The highest BCUT2D eigenvalue weighted by Crippen LogP contribution is 2.24. The first-order valence-electron chi connectivity index (χ1n) is 5.80. The molecule has 2 heterocycles. The molecule has 18 heavy (non-hydrogen) atoms. The zero-order valence-corrected chi connectivity index (χ0v) is 11.2. The first-order chi connectivity index (χ1) is 8.69. The molecule has 2 aromatic heterocycles. The molecule has 0 bridgehead atoms. The Morgan fingerprint density at radius 2 is 2.17 bits per heavy atom. The number of aryl methyl sites for hydroxylation is 2. The second-order valence-corrected chi connectivity index (χ2v) is 5.22. The molecule has 0 radical (unpaired) electrons. The van der Waals surface area contributed by atoms with Crippen molar-refractivity contribution in [1.82, 2.24) is 14.6 Å². The van der Waals surface area contributed by atoms with Gasteiger partial charge in [-0.05, 0) is 25.5 Å². The van der Waals surface area contributed by atoms with E-state index in [1.165, 1.54) is 11.1 Å². The number of hydrogen-bond acceptors (Lipinski definition) is 4. The topological polar surface area (TPSA) is 56.2 Å². The van der Waals surface area contributed by atoms with Crippen LogP contribution < -0.4 is 5.73 Å². The summed E-state index contributed by atoms with van der Waals surface area (Å²) in [6, 6.07) is 6.32. The summed E-state index contributed by atoms with van der Waals surface area (Å²) in [6.45, 7) is 4.63. The fourth-order valence-corrected chi connectivity index (χ4v) is 2.79. The molecular formula is C13H14N4S. The first-order valence-corrected chi connectivity index (χ1v) is 6.68. The molecule has 0 aliphatic rings. The maximum atomic E-state index is 5.68. The summed E-state index contributed by atoms with van der Waals surface area (Å²) in [5.74, 6) is 0.776. The summed E-state index contributed by atoms with van der Waals surface area (Å²) < 4.78 is 1.84. The molecule has 3 rings (SSSR count).